The number of benzene rings is 1. The quantitative estimate of drug-likeness (QED) is 0.867. The molecule has 24 heavy (non-hydrogen) atoms. The summed E-state index contributed by atoms with van der Waals surface area (Å²) in [5.74, 6) is 0.388. The second-order valence-corrected chi connectivity index (χ2v) is 7.57. The normalized spacial score (nSPS) is 11.0. The Morgan fingerprint density at radius 2 is 1.83 bits per heavy atom. The van der Waals surface area contributed by atoms with E-state index in [1.54, 1.807) is 19.2 Å². The Balaban J connectivity index is 2.14. The minimum atomic E-state index is -0.485. The molecule has 0 radical (unpaired) electrons. The van der Waals surface area contributed by atoms with Gasteiger partial charge >= 0.3 is 0 Å². The number of ether oxygens (including phenoxy) is 1. The fourth-order valence-electron chi connectivity index (χ4n) is 1.96. The molecule has 0 unspecified atom stereocenters. The van der Waals surface area contributed by atoms with Gasteiger partial charge in [0.1, 0.15) is 5.75 Å². The summed E-state index contributed by atoms with van der Waals surface area (Å²) in [6, 6.07) is 8.99. The molecule has 1 aromatic carbocycles. The maximum atomic E-state index is 12.5. The van der Waals surface area contributed by atoms with Crippen LogP contribution in [0.5, 0.6) is 5.75 Å². The summed E-state index contributed by atoms with van der Waals surface area (Å²) in [5.41, 5.74) is 0.998. The van der Waals surface area contributed by atoms with Crippen LogP contribution in [0.15, 0.2) is 30.3 Å². The zero-order valence-electron chi connectivity index (χ0n) is 14.5. The number of nitrogens with one attached hydrogen (secondary N) is 2. The van der Waals surface area contributed by atoms with Gasteiger partial charge in [0.05, 0.1) is 17.0 Å². The first kappa shape index (κ1) is 18.0. The largest absolute Gasteiger partial charge is 0.497 e. The lowest BCUT2D eigenvalue weighted by atomic mass is 9.96. The molecule has 0 saturated carbocycles. The molecule has 0 atom stereocenters. The van der Waals surface area contributed by atoms with Crippen LogP contribution >= 0.6 is 11.3 Å². The van der Waals surface area contributed by atoms with E-state index in [0.717, 1.165) is 5.56 Å². The van der Waals surface area contributed by atoms with Gasteiger partial charge in [-0.25, -0.2) is 0 Å². The maximum absolute atomic E-state index is 12.5. The number of anilines is 2. The van der Waals surface area contributed by atoms with E-state index in [1.807, 2.05) is 45.9 Å². The molecule has 1 aromatic heterocycles. The van der Waals surface area contributed by atoms with Gasteiger partial charge in [-0.15, -0.1) is 11.3 Å². The minimum absolute atomic E-state index is 0.0801. The highest BCUT2D eigenvalue weighted by Gasteiger charge is 2.23. The van der Waals surface area contributed by atoms with Gasteiger partial charge in [-0.1, -0.05) is 26.8 Å². The Bertz CT molecular complexity index is 760. The molecule has 2 amide bonds. The number of aryl methyl sites for hydroxylation is 1. The number of carbonyl (C=O) groups excluding carboxylic acids is 2. The molecular formula is C18H22N2O3S. The van der Waals surface area contributed by atoms with Crippen molar-refractivity contribution in [3.05, 3.63) is 40.8 Å². The van der Waals surface area contributed by atoms with E-state index in [4.69, 9.17) is 4.74 Å². The molecule has 0 aliphatic carbocycles. The molecule has 0 fully saturated rings. The number of rotatable bonds is 4. The van der Waals surface area contributed by atoms with Crippen LogP contribution in [0.25, 0.3) is 0 Å². The van der Waals surface area contributed by atoms with Crippen molar-refractivity contribution in [2.24, 2.45) is 5.41 Å². The maximum Gasteiger partial charge on any atom is 0.266 e. The SMILES string of the molecule is COc1cccc(NC(=O)c2sc(NC(=O)C(C)(C)C)cc2C)c1. The molecule has 0 bridgehead atoms. The molecule has 2 rings (SSSR count). The van der Waals surface area contributed by atoms with Crippen LogP contribution in [0.2, 0.25) is 0 Å². The average molecular weight is 346 g/mol. The number of carbonyl (C=O) groups is 2. The molecule has 2 N–H and O–H groups in total. The number of amides is 2. The van der Waals surface area contributed by atoms with Crippen molar-refractivity contribution >= 4 is 33.8 Å². The third-order valence-corrected chi connectivity index (χ3v) is 4.52. The summed E-state index contributed by atoms with van der Waals surface area (Å²) in [7, 11) is 1.58. The lowest BCUT2D eigenvalue weighted by Gasteiger charge is -2.16. The van der Waals surface area contributed by atoms with Crippen molar-refractivity contribution in [1.82, 2.24) is 0 Å². The van der Waals surface area contributed by atoms with Crippen molar-refractivity contribution in [1.29, 1.82) is 0 Å². The lowest BCUT2D eigenvalue weighted by molar-refractivity contribution is -0.123. The highest BCUT2D eigenvalue weighted by molar-refractivity contribution is 7.18. The van der Waals surface area contributed by atoms with Crippen molar-refractivity contribution in [3.8, 4) is 5.75 Å². The highest BCUT2D eigenvalue weighted by Crippen LogP contribution is 2.29. The lowest BCUT2D eigenvalue weighted by Crippen LogP contribution is -2.27. The molecular weight excluding hydrogens is 324 g/mol. The second kappa shape index (κ2) is 7.05. The number of hydrogen-bond donors (Lipinski definition) is 2. The Morgan fingerprint density at radius 3 is 2.46 bits per heavy atom. The van der Waals surface area contributed by atoms with E-state index in [-0.39, 0.29) is 11.8 Å². The monoisotopic (exact) mass is 346 g/mol. The molecule has 0 aliphatic rings. The van der Waals surface area contributed by atoms with E-state index in [1.165, 1.54) is 11.3 Å². The van der Waals surface area contributed by atoms with Crippen LogP contribution in [0.1, 0.15) is 36.0 Å². The number of methoxy groups -OCH3 is 1. The summed E-state index contributed by atoms with van der Waals surface area (Å²) < 4.78 is 5.15. The zero-order valence-corrected chi connectivity index (χ0v) is 15.3. The summed E-state index contributed by atoms with van der Waals surface area (Å²) in [4.78, 5) is 25.1. The van der Waals surface area contributed by atoms with Gasteiger partial charge in [-0.2, -0.15) is 0 Å². The first-order valence-electron chi connectivity index (χ1n) is 7.58. The van der Waals surface area contributed by atoms with Gasteiger partial charge in [-0.05, 0) is 30.7 Å². The summed E-state index contributed by atoms with van der Waals surface area (Å²) >= 11 is 1.27. The van der Waals surface area contributed by atoms with Gasteiger partial charge in [0.25, 0.3) is 5.91 Å². The molecule has 128 valence electrons. The van der Waals surface area contributed by atoms with Crippen molar-refractivity contribution in [2.45, 2.75) is 27.7 Å². The van der Waals surface area contributed by atoms with E-state index in [9.17, 15) is 9.59 Å². The predicted octanol–water partition coefficient (Wildman–Crippen LogP) is 4.30. The summed E-state index contributed by atoms with van der Waals surface area (Å²) in [5, 5.41) is 6.38. The first-order valence-corrected chi connectivity index (χ1v) is 8.39. The van der Waals surface area contributed by atoms with Gasteiger partial charge in [0, 0.05) is 17.2 Å². The smallest absolute Gasteiger partial charge is 0.266 e. The van der Waals surface area contributed by atoms with Crippen molar-refractivity contribution < 1.29 is 14.3 Å². The van der Waals surface area contributed by atoms with Crippen molar-refractivity contribution in [2.75, 3.05) is 17.7 Å². The second-order valence-electron chi connectivity index (χ2n) is 6.51. The van der Waals surface area contributed by atoms with Crippen LogP contribution < -0.4 is 15.4 Å². The van der Waals surface area contributed by atoms with Gasteiger partial charge < -0.3 is 15.4 Å². The highest BCUT2D eigenvalue weighted by atomic mass is 32.1. The van der Waals surface area contributed by atoms with Crippen LogP contribution in [0.3, 0.4) is 0 Å². The fourth-order valence-corrected chi connectivity index (χ4v) is 2.92. The molecule has 0 aliphatic heterocycles. The molecule has 5 nitrogen and oxygen atoms in total. The van der Waals surface area contributed by atoms with Crippen LogP contribution in [-0.4, -0.2) is 18.9 Å². The Labute approximate surface area is 146 Å². The standard InChI is InChI=1S/C18H22N2O3S/c1-11-9-14(20-17(22)18(2,3)4)24-15(11)16(21)19-12-7-6-8-13(10-12)23-5/h6-10H,1-5H3,(H,19,21)(H,20,22). The number of hydrogen-bond acceptors (Lipinski definition) is 4. The van der Waals surface area contributed by atoms with Crippen LogP contribution in [0.4, 0.5) is 10.7 Å². The third kappa shape index (κ3) is 4.35. The Hall–Kier alpha value is -2.34. The van der Waals surface area contributed by atoms with Crippen LogP contribution in [0, 0.1) is 12.3 Å². The van der Waals surface area contributed by atoms with E-state index in [2.05, 4.69) is 10.6 Å². The third-order valence-electron chi connectivity index (χ3n) is 3.37. The molecule has 0 spiro atoms. The van der Waals surface area contributed by atoms with Gasteiger partial charge in [-0.3, -0.25) is 9.59 Å². The molecule has 1 heterocycles. The summed E-state index contributed by atoms with van der Waals surface area (Å²) in [6.45, 7) is 7.39. The van der Waals surface area contributed by atoms with Gasteiger partial charge in [0.2, 0.25) is 5.91 Å². The minimum Gasteiger partial charge on any atom is -0.497 e. The van der Waals surface area contributed by atoms with Crippen molar-refractivity contribution in [3.63, 3.8) is 0 Å². The van der Waals surface area contributed by atoms with Gasteiger partial charge in [0.15, 0.2) is 0 Å². The Morgan fingerprint density at radius 1 is 1.12 bits per heavy atom. The first-order chi connectivity index (χ1) is 11.2. The predicted molar refractivity (Wildman–Crippen MR) is 98.1 cm³/mol. The summed E-state index contributed by atoms with van der Waals surface area (Å²) in [6.07, 6.45) is 0. The average Bonchev–Trinajstić information content (AvgIpc) is 2.87. The van der Waals surface area contributed by atoms with Crippen LogP contribution in [-0.2, 0) is 4.79 Å². The van der Waals surface area contributed by atoms with E-state index >= 15 is 0 Å². The van der Waals surface area contributed by atoms with E-state index in [0.29, 0.717) is 21.3 Å². The topological polar surface area (TPSA) is 67.4 Å². The molecule has 6 heteroatoms. The molecule has 2 aromatic rings. The molecule has 0 saturated heterocycles. The zero-order chi connectivity index (χ0) is 17.9. The number of thiophene rings is 1. The Kier molecular flexibility index (Phi) is 5.29. The van der Waals surface area contributed by atoms with E-state index < -0.39 is 5.41 Å². The fraction of sp³-hybridized carbons (Fsp3) is 0.333.